The number of carbonyl (C=O) groups is 3. The van der Waals surface area contributed by atoms with Crippen LogP contribution in [-0.4, -0.2) is 23.0 Å². The van der Waals surface area contributed by atoms with Crippen LogP contribution in [0.15, 0.2) is 29.6 Å². The monoisotopic (exact) mass is 306 g/mol. The summed E-state index contributed by atoms with van der Waals surface area (Å²) in [4.78, 5) is 33.4. The summed E-state index contributed by atoms with van der Waals surface area (Å²) in [7, 11) is 0. The first-order valence-electron chi connectivity index (χ1n) is 6.34. The van der Waals surface area contributed by atoms with Crippen LogP contribution in [0.3, 0.4) is 0 Å². The van der Waals surface area contributed by atoms with Gasteiger partial charge in [0.2, 0.25) is 5.91 Å². The van der Waals surface area contributed by atoms with Crippen molar-refractivity contribution in [1.82, 2.24) is 5.32 Å². The zero-order valence-corrected chi connectivity index (χ0v) is 11.9. The second-order valence-corrected chi connectivity index (χ2v) is 5.37. The van der Waals surface area contributed by atoms with Crippen LogP contribution >= 0.6 is 11.3 Å². The van der Waals surface area contributed by atoms with Crippen LogP contribution in [0.2, 0.25) is 0 Å². The Hall–Kier alpha value is -2.41. The number of amides is 3. The van der Waals surface area contributed by atoms with Gasteiger partial charge in [-0.1, -0.05) is 0 Å². The Morgan fingerprint density at radius 2 is 1.95 bits per heavy atom. The molecule has 1 aromatic heterocycles. The normalized spacial score (nSPS) is 10.3. The molecule has 0 fully saturated rings. The van der Waals surface area contributed by atoms with Gasteiger partial charge in [0, 0.05) is 23.2 Å². The van der Waals surface area contributed by atoms with Gasteiger partial charge in [-0.05, 0) is 41.5 Å². The lowest BCUT2D eigenvalue weighted by Crippen LogP contribution is -2.34. The second kappa shape index (κ2) is 6.85. The molecule has 0 saturated carbocycles. The molecule has 110 valence electrons. The number of hydrogen-bond acceptors (Lipinski definition) is 4. The summed E-state index contributed by atoms with van der Waals surface area (Å²) in [6.45, 7) is 0. The van der Waals surface area contributed by atoms with Gasteiger partial charge in [-0.15, -0.1) is 11.3 Å². The predicted octanol–water partition coefficient (Wildman–Crippen LogP) is 2.80. The van der Waals surface area contributed by atoms with Crippen molar-refractivity contribution >= 4 is 45.0 Å². The van der Waals surface area contributed by atoms with E-state index in [0.717, 1.165) is 10.1 Å². The molecule has 0 atom stereocenters. The molecule has 0 bridgehead atoms. The van der Waals surface area contributed by atoms with Gasteiger partial charge in [0.15, 0.2) is 0 Å². The van der Waals surface area contributed by atoms with E-state index in [1.165, 1.54) is 0 Å². The first-order valence-corrected chi connectivity index (χ1v) is 7.22. The van der Waals surface area contributed by atoms with Gasteiger partial charge in [0.25, 0.3) is 0 Å². The highest BCUT2D eigenvalue weighted by Gasteiger charge is 2.09. The fraction of sp³-hybridized carbons (Fsp3) is 0.214. The third-order valence-corrected chi connectivity index (χ3v) is 3.66. The van der Waals surface area contributed by atoms with E-state index in [2.05, 4.69) is 10.6 Å². The number of carboxylic acids is 1. The lowest BCUT2D eigenvalue weighted by atomic mass is 10.2. The first-order chi connectivity index (χ1) is 10.0. The van der Waals surface area contributed by atoms with Crippen molar-refractivity contribution < 1.29 is 19.5 Å². The third-order valence-electron chi connectivity index (χ3n) is 2.76. The van der Waals surface area contributed by atoms with Crippen LogP contribution in [-0.2, 0) is 9.59 Å². The number of fused-ring (bicyclic) bond motifs is 1. The number of urea groups is 1. The van der Waals surface area contributed by atoms with Crippen molar-refractivity contribution in [1.29, 1.82) is 0 Å². The fourth-order valence-corrected chi connectivity index (χ4v) is 2.57. The van der Waals surface area contributed by atoms with Crippen molar-refractivity contribution in [3.63, 3.8) is 0 Å². The zero-order valence-electron chi connectivity index (χ0n) is 11.1. The Labute approximate surface area is 124 Å². The number of thiophene rings is 1. The predicted molar refractivity (Wildman–Crippen MR) is 80.5 cm³/mol. The maximum atomic E-state index is 11.6. The van der Waals surface area contributed by atoms with Gasteiger partial charge in [0.1, 0.15) is 0 Å². The summed E-state index contributed by atoms with van der Waals surface area (Å²) in [5, 5.41) is 16.2. The summed E-state index contributed by atoms with van der Waals surface area (Å²) >= 11 is 1.61. The number of nitrogens with one attached hydrogen (secondary N) is 2. The Morgan fingerprint density at radius 1 is 1.14 bits per heavy atom. The Bertz CT molecular complexity index is 680. The van der Waals surface area contributed by atoms with Gasteiger partial charge < -0.3 is 10.4 Å². The highest BCUT2D eigenvalue weighted by atomic mass is 32.1. The van der Waals surface area contributed by atoms with Crippen LogP contribution in [0.4, 0.5) is 10.5 Å². The number of aliphatic carboxylic acids is 1. The van der Waals surface area contributed by atoms with E-state index in [1.807, 2.05) is 23.6 Å². The molecule has 7 heteroatoms. The minimum Gasteiger partial charge on any atom is -0.481 e. The maximum Gasteiger partial charge on any atom is 0.325 e. The number of anilines is 1. The van der Waals surface area contributed by atoms with Crippen molar-refractivity contribution in [3.8, 4) is 0 Å². The van der Waals surface area contributed by atoms with Crippen LogP contribution in [0.1, 0.15) is 19.3 Å². The molecule has 0 unspecified atom stereocenters. The summed E-state index contributed by atoms with van der Waals surface area (Å²) in [5.74, 6) is -1.46. The molecule has 0 radical (unpaired) electrons. The number of hydrogen-bond donors (Lipinski definition) is 3. The molecule has 0 aliphatic rings. The molecule has 1 aromatic carbocycles. The molecule has 2 rings (SSSR count). The topological polar surface area (TPSA) is 95.5 Å². The quantitative estimate of drug-likeness (QED) is 0.791. The molecular formula is C14H14N2O4S. The first kappa shape index (κ1) is 15.0. The lowest BCUT2D eigenvalue weighted by Gasteiger charge is -2.06. The Balaban J connectivity index is 1.83. The van der Waals surface area contributed by atoms with Crippen molar-refractivity contribution in [2.45, 2.75) is 19.3 Å². The highest BCUT2D eigenvalue weighted by Crippen LogP contribution is 2.23. The van der Waals surface area contributed by atoms with E-state index in [9.17, 15) is 14.4 Å². The standard InChI is InChI=1S/C14H14N2O4S/c17-12(2-1-3-13(18)19)16-14(20)15-10-4-5-11-9(8-10)6-7-21-11/h4-8H,1-3H2,(H,18,19)(H2,15,16,17,20). The van der Waals surface area contributed by atoms with E-state index in [4.69, 9.17) is 5.11 Å². The minimum atomic E-state index is -0.962. The number of rotatable bonds is 5. The number of carboxylic acid groups (broad SMARTS) is 1. The third kappa shape index (κ3) is 4.57. The minimum absolute atomic E-state index is 0.00326. The summed E-state index contributed by atoms with van der Waals surface area (Å²) < 4.78 is 1.12. The number of carbonyl (C=O) groups excluding carboxylic acids is 2. The highest BCUT2D eigenvalue weighted by molar-refractivity contribution is 7.17. The van der Waals surface area contributed by atoms with Crippen molar-refractivity contribution in [2.75, 3.05) is 5.32 Å². The summed E-state index contributed by atoms with van der Waals surface area (Å²) in [5.41, 5.74) is 0.594. The van der Waals surface area contributed by atoms with Gasteiger partial charge in [-0.3, -0.25) is 14.9 Å². The van der Waals surface area contributed by atoms with Crippen LogP contribution in [0.25, 0.3) is 10.1 Å². The number of benzene rings is 1. The molecule has 0 aliphatic carbocycles. The van der Waals surface area contributed by atoms with Gasteiger partial charge in [-0.2, -0.15) is 0 Å². The number of imide groups is 1. The van der Waals surface area contributed by atoms with E-state index in [-0.39, 0.29) is 19.3 Å². The van der Waals surface area contributed by atoms with Crippen LogP contribution in [0.5, 0.6) is 0 Å². The summed E-state index contributed by atoms with van der Waals surface area (Å²) in [6.07, 6.45) is 0.114. The molecule has 0 spiro atoms. The molecule has 3 N–H and O–H groups in total. The molecule has 0 saturated heterocycles. The SMILES string of the molecule is O=C(O)CCCC(=O)NC(=O)Nc1ccc2sccc2c1. The van der Waals surface area contributed by atoms with E-state index in [0.29, 0.717) is 5.69 Å². The maximum absolute atomic E-state index is 11.6. The Kier molecular flexibility index (Phi) is 4.89. The van der Waals surface area contributed by atoms with Gasteiger partial charge >= 0.3 is 12.0 Å². The average molecular weight is 306 g/mol. The smallest absolute Gasteiger partial charge is 0.325 e. The molecule has 6 nitrogen and oxygen atoms in total. The summed E-state index contributed by atoms with van der Waals surface area (Å²) in [6, 6.07) is 6.79. The van der Waals surface area contributed by atoms with E-state index >= 15 is 0 Å². The lowest BCUT2D eigenvalue weighted by molar-refractivity contribution is -0.137. The van der Waals surface area contributed by atoms with Gasteiger partial charge in [0.05, 0.1) is 0 Å². The molecule has 21 heavy (non-hydrogen) atoms. The van der Waals surface area contributed by atoms with Crippen molar-refractivity contribution in [3.05, 3.63) is 29.6 Å². The second-order valence-electron chi connectivity index (χ2n) is 4.42. The molecule has 0 aliphatic heterocycles. The van der Waals surface area contributed by atoms with E-state index < -0.39 is 17.9 Å². The fourth-order valence-electron chi connectivity index (χ4n) is 1.80. The van der Waals surface area contributed by atoms with Gasteiger partial charge in [-0.25, -0.2) is 4.79 Å². The molecule has 3 amide bonds. The van der Waals surface area contributed by atoms with E-state index in [1.54, 1.807) is 17.4 Å². The molecule has 1 heterocycles. The van der Waals surface area contributed by atoms with Crippen LogP contribution < -0.4 is 10.6 Å². The molecular weight excluding hydrogens is 292 g/mol. The molecule has 2 aromatic rings. The van der Waals surface area contributed by atoms with Crippen molar-refractivity contribution in [2.24, 2.45) is 0 Å². The zero-order chi connectivity index (χ0) is 15.2. The van der Waals surface area contributed by atoms with Crippen LogP contribution in [0, 0.1) is 0 Å². The average Bonchev–Trinajstić information content (AvgIpc) is 2.85. The largest absolute Gasteiger partial charge is 0.481 e. The Morgan fingerprint density at radius 3 is 2.71 bits per heavy atom.